The van der Waals surface area contributed by atoms with Crippen LogP contribution in [0, 0.1) is 0 Å². The normalized spacial score (nSPS) is 12.7. The zero-order valence-corrected chi connectivity index (χ0v) is 18.0. The van der Waals surface area contributed by atoms with E-state index >= 15 is 0 Å². The Hall–Kier alpha value is -2.73. The van der Waals surface area contributed by atoms with Gasteiger partial charge in [-0.05, 0) is 31.6 Å². The van der Waals surface area contributed by atoms with E-state index < -0.39 is 0 Å². The van der Waals surface area contributed by atoms with Crippen LogP contribution >= 0.6 is 0 Å². The van der Waals surface area contributed by atoms with Crippen molar-refractivity contribution in [3.05, 3.63) is 59.7 Å². The highest BCUT2D eigenvalue weighted by Crippen LogP contribution is 2.29. The lowest BCUT2D eigenvalue weighted by molar-refractivity contribution is 0.219. The van der Waals surface area contributed by atoms with Crippen molar-refractivity contribution in [2.45, 2.75) is 33.4 Å². The number of hydrogen-bond acceptors (Lipinski definition) is 4. The number of phenolic OH excluding ortho intramolecular Hbond substituents is 1. The van der Waals surface area contributed by atoms with Gasteiger partial charge in [-0.2, -0.15) is 0 Å². The van der Waals surface area contributed by atoms with Gasteiger partial charge in [0, 0.05) is 18.7 Å². The maximum absolute atomic E-state index is 10.3. The first-order valence-electron chi connectivity index (χ1n) is 10.3. The van der Waals surface area contributed by atoms with Crippen LogP contribution in [0.4, 0.5) is 0 Å². The second kappa shape index (κ2) is 12.0. The van der Waals surface area contributed by atoms with E-state index in [9.17, 15) is 5.11 Å². The van der Waals surface area contributed by atoms with Crippen LogP contribution in [0.15, 0.2) is 53.5 Å². The summed E-state index contributed by atoms with van der Waals surface area (Å²) in [6, 6.07) is 16.2. The van der Waals surface area contributed by atoms with E-state index in [1.807, 2.05) is 25.1 Å². The molecule has 2 aromatic rings. The van der Waals surface area contributed by atoms with Gasteiger partial charge in [0.05, 0.1) is 19.7 Å². The highest BCUT2D eigenvalue weighted by atomic mass is 16.5. The summed E-state index contributed by atoms with van der Waals surface area (Å²) in [6.45, 7) is 10.2. The molecule has 1 unspecified atom stereocenters. The summed E-state index contributed by atoms with van der Waals surface area (Å²) in [6.07, 6.45) is 0. The molecule has 2 rings (SSSR count). The van der Waals surface area contributed by atoms with Crippen molar-refractivity contribution >= 4 is 5.96 Å². The molecule has 1 atom stereocenters. The van der Waals surface area contributed by atoms with Crippen LogP contribution in [0.3, 0.4) is 0 Å². The Bertz CT molecular complexity index is 761. The quantitative estimate of drug-likeness (QED) is 0.422. The maximum atomic E-state index is 10.3. The van der Waals surface area contributed by atoms with Gasteiger partial charge in [-0.3, -0.25) is 4.90 Å². The molecule has 0 fully saturated rings. The minimum atomic E-state index is 0.139. The van der Waals surface area contributed by atoms with Gasteiger partial charge in [0.1, 0.15) is 0 Å². The molecule has 0 aliphatic heterocycles. The van der Waals surface area contributed by atoms with Gasteiger partial charge in [0.25, 0.3) is 0 Å². The molecule has 0 aliphatic rings. The first kappa shape index (κ1) is 22.6. The zero-order valence-electron chi connectivity index (χ0n) is 18.0. The highest BCUT2D eigenvalue weighted by molar-refractivity contribution is 5.79. The lowest BCUT2D eigenvalue weighted by Crippen LogP contribution is -2.43. The lowest BCUT2D eigenvalue weighted by atomic mass is 10.1. The molecule has 0 aliphatic carbocycles. The minimum absolute atomic E-state index is 0.139. The Morgan fingerprint density at radius 3 is 2.38 bits per heavy atom. The first-order valence-corrected chi connectivity index (χ1v) is 10.3. The van der Waals surface area contributed by atoms with E-state index in [1.165, 1.54) is 5.56 Å². The molecule has 158 valence electrons. The number of ether oxygens (including phenoxy) is 1. The van der Waals surface area contributed by atoms with Crippen molar-refractivity contribution in [3.8, 4) is 11.5 Å². The van der Waals surface area contributed by atoms with Crippen LogP contribution in [0.1, 0.15) is 37.9 Å². The summed E-state index contributed by atoms with van der Waals surface area (Å²) in [7, 11) is 1.55. The number of nitrogens with one attached hydrogen (secondary N) is 2. The first-order chi connectivity index (χ1) is 14.1. The van der Waals surface area contributed by atoms with E-state index in [1.54, 1.807) is 13.2 Å². The number of phenols is 1. The predicted octanol–water partition coefficient (Wildman–Crippen LogP) is 3.54. The summed E-state index contributed by atoms with van der Waals surface area (Å²) < 4.78 is 5.18. The number of hydrogen-bond donors (Lipinski definition) is 3. The summed E-state index contributed by atoms with van der Waals surface area (Å²) in [5.74, 6) is 1.32. The van der Waals surface area contributed by atoms with Crippen LogP contribution < -0.4 is 15.4 Å². The fraction of sp³-hybridized carbons (Fsp3) is 0.435. The second-order valence-electron chi connectivity index (χ2n) is 6.69. The Morgan fingerprint density at radius 2 is 1.76 bits per heavy atom. The fourth-order valence-electron chi connectivity index (χ4n) is 3.36. The van der Waals surface area contributed by atoms with Gasteiger partial charge in [-0.15, -0.1) is 0 Å². The van der Waals surface area contributed by atoms with Gasteiger partial charge >= 0.3 is 0 Å². The Balaban J connectivity index is 2.14. The van der Waals surface area contributed by atoms with Crippen molar-refractivity contribution < 1.29 is 9.84 Å². The van der Waals surface area contributed by atoms with Crippen molar-refractivity contribution in [3.63, 3.8) is 0 Å². The monoisotopic (exact) mass is 398 g/mol. The third kappa shape index (κ3) is 6.39. The van der Waals surface area contributed by atoms with Gasteiger partial charge in [0.2, 0.25) is 0 Å². The number of aliphatic imine (C=N–C) groups is 1. The van der Waals surface area contributed by atoms with Crippen LogP contribution in [0.25, 0.3) is 0 Å². The average Bonchev–Trinajstić information content (AvgIpc) is 2.76. The molecule has 0 saturated carbocycles. The van der Waals surface area contributed by atoms with Crippen LogP contribution in [0.2, 0.25) is 0 Å². The molecule has 0 aromatic heterocycles. The maximum Gasteiger partial charge on any atom is 0.191 e. The largest absolute Gasteiger partial charge is 0.504 e. The number of guanidine groups is 1. The molecule has 0 heterocycles. The molecule has 0 bridgehead atoms. The Kier molecular flexibility index (Phi) is 9.31. The summed E-state index contributed by atoms with van der Waals surface area (Å²) in [5, 5.41) is 17.1. The third-order valence-corrected chi connectivity index (χ3v) is 4.95. The highest BCUT2D eigenvalue weighted by Gasteiger charge is 2.18. The van der Waals surface area contributed by atoms with E-state index in [-0.39, 0.29) is 11.8 Å². The molecular formula is C23H34N4O2. The van der Waals surface area contributed by atoms with Gasteiger partial charge in [-0.25, -0.2) is 4.99 Å². The SMILES string of the molecule is CCNC(=NCc1cccc(OC)c1O)NCC(c1ccccc1)N(CC)CC. The van der Waals surface area contributed by atoms with Crippen molar-refractivity contribution in [1.82, 2.24) is 15.5 Å². The summed E-state index contributed by atoms with van der Waals surface area (Å²) in [5.41, 5.74) is 2.01. The number of nitrogens with zero attached hydrogens (tertiary/aromatic N) is 2. The van der Waals surface area contributed by atoms with E-state index in [2.05, 4.69) is 58.6 Å². The number of rotatable bonds is 10. The fourth-order valence-corrected chi connectivity index (χ4v) is 3.36. The lowest BCUT2D eigenvalue weighted by Gasteiger charge is -2.30. The summed E-state index contributed by atoms with van der Waals surface area (Å²) in [4.78, 5) is 7.09. The molecule has 3 N–H and O–H groups in total. The standard InChI is InChI=1S/C23H34N4O2/c1-5-24-23(25-16-19-14-11-15-21(29-4)22(19)28)26-17-20(27(6-2)7-3)18-12-9-8-10-13-18/h8-15,20,28H,5-7,16-17H2,1-4H3,(H2,24,25,26). The van der Waals surface area contributed by atoms with Gasteiger partial charge < -0.3 is 20.5 Å². The number of aromatic hydroxyl groups is 1. The minimum Gasteiger partial charge on any atom is -0.504 e. The molecule has 29 heavy (non-hydrogen) atoms. The average molecular weight is 399 g/mol. The van der Waals surface area contributed by atoms with Crippen LogP contribution in [-0.4, -0.2) is 49.3 Å². The zero-order chi connectivity index (χ0) is 21.1. The second-order valence-corrected chi connectivity index (χ2v) is 6.69. The topological polar surface area (TPSA) is 69.1 Å². The number of para-hydroxylation sites is 1. The van der Waals surface area contributed by atoms with Crippen molar-refractivity contribution in [2.24, 2.45) is 4.99 Å². The molecular weight excluding hydrogens is 364 g/mol. The van der Waals surface area contributed by atoms with Gasteiger partial charge in [-0.1, -0.05) is 56.3 Å². The van der Waals surface area contributed by atoms with Crippen molar-refractivity contribution in [1.29, 1.82) is 0 Å². The smallest absolute Gasteiger partial charge is 0.191 e. The summed E-state index contributed by atoms with van der Waals surface area (Å²) >= 11 is 0. The van der Waals surface area contributed by atoms with Crippen LogP contribution in [0.5, 0.6) is 11.5 Å². The number of benzene rings is 2. The molecule has 0 radical (unpaired) electrons. The molecule has 0 saturated heterocycles. The molecule has 2 aromatic carbocycles. The van der Waals surface area contributed by atoms with E-state index in [4.69, 9.17) is 4.74 Å². The number of likely N-dealkylation sites (N-methyl/N-ethyl adjacent to an activating group) is 1. The van der Waals surface area contributed by atoms with Crippen molar-refractivity contribution in [2.75, 3.05) is 33.3 Å². The molecule has 6 heteroatoms. The molecule has 0 amide bonds. The molecule has 0 spiro atoms. The van der Waals surface area contributed by atoms with E-state index in [0.29, 0.717) is 12.3 Å². The van der Waals surface area contributed by atoms with Crippen LogP contribution in [-0.2, 0) is 6.54 Å². The Labute approximate surface area is 174 Å². The van der Waals surface area contributed by atoms with Gasteiger partial charge in [0.15, 0.2) is 17.5 Å². The third-order valence-electron chi connectivity index (χ3n) is 4.95. The molecule has 6 nitrogen and oxygen atoms in total. The predicted molar refractivity (Wildman–Crippen MR) is 120 cm³/mol. The Morgan fingerprint density at radius 1 is 1.03 bits per heavy atom. The van der Waals surface area contributed by atoms with E-state index in [0.717, 1.165) is 37.7 Å². The number of methoxy groups -OCH3 is 1.